The van der Waals surface area contributed by atoms with Crippen LogP contribution in [0.2, 0.25) is 0 Å². The summed E-state index contributed by atoms with van der Waals surface area (Å²) >= 11 is 0. The van der Waals surface area contributed by atoms with E-state index >= 15 is 0 Å². The molecular formula is C62H44IrN5. The molecule has 5 nitrogen and oxygen atoms in total. The second kappa shape index (κ2) is 20.3. The monoisotopic (exact) mass is 1050 g/mol. The third-order valence-electron chi connectivity index (χ3n) is 12.3. The van der Waals surface area contributed by atoms with Gasteiger partial charge in [-0.25, -0.2) is 4.98 Å². The average Bonchev–Trinajstić information content (AvgIpc) is 3.80. The topological polar surface area (TPSA) is 56.5 Å². The summed E-state index contributed by atoms with van der Waals surface area (Å²) in [5.74, 6) is 0.881. The molecule has 0 atom stereocenters. The van der Waals surface area contributed by atoms with E-state index < -0.39 is 0 Å². The van der Waals surface area contributed by atoms with E-state index in [0.29, 0.717) is 0 Å². The first kappa shape index (κ1) is 44.0. The maximum Gasteiger partial charge on any atom is 3.00 e. The third kappa shape index (κ3) is 9.65. The van der Waals surface area contributed by atoms with Crippen LogP contribution in [-0.4, -0.2) is 24.5 Å². The molecule has 0 aliphatic carbocycles. The maximum absolute atomic E-state index is 5.44. The summed E-state index contributed by atoms with van der Waals surface area (Å²) in [4.78, 5) is 19.2. The summed E-state index contributed by atoms with van der Waals surface area (Å²) in [5, 5.41) is 0. The van der Waals surface area contributed by atoms with E-state index in [1.54, 1.807) is 0 Å². The fraction of sp³-hybridized carbons (Fsp3) is 0.0645. The van der Waals surface area contributed by atoms with Crippen molar-refractivity contribution >= 4 is 11.0 Å². The fourth-order valence-corrected chi connectivity index (χ4v) is 8.85. The van der Waals surface area contributed by atoms with Crippen LogP contribution in [0.4, 0.5) is 0 Å². The number of aryl methyl sites for hydroxylation is 4. The minimum Gasteiger partial charge on any atom is -0.334 e. The summed E-state index contributed by atoms with van der Waals surface area (Å²) in [6.07, 6.45) is 8.94. The van der Waals surface area contributed by atoms with Gasteiger partial charge in [-0.1, -0.05) is 128 Å². The number of aromatic nitrogens is 5. The average molecular weight is 1050 g/mol. The van der Waals surface area contributed by atoms with Gasteiger partial charge in [0.25, 0.3) is 0 Å². The molecule has 4 aromatic heterocycles. The van der Waals surface area contributed by atoms with Crippen molar-refractivity contribution in [3.8, 4) is 73.1 Å². The quantitative estimate of drug-likeness (QED) is 0.108. The van der Waals surface area contributed by atoms with Crippen LogP contribution in [-0.2, 0) is 45.8 Å². The molecule has 0 fully saturated rings. The van der Waals surface area contributed by atoms with Gasteiger partial charge in [-0.2, -0.15) is 0 Å². The van der Waals surface area contributed by atoms with Gasteiger partial charge in [0.15, 0.2) is 0 Å². The van der Waals surface area contributed by atoms with Crippen molar-refractivity contribution in [2.24, 2.45) is 0 Å². The smallest absolute Gasteiger partial charge is 0.334 e. The Morgan fingerprint density at radius 2 is 0.882 bits per heavy atom. The zero-order valence-corrected chi connectivity index (χ0v) is 39.6. The zero-order valence-electron chi connectivity index (χ0n) is 37.2. The van der Waals surface area contributed by atoms with Crippen molar-refractivity contribution in [3.63, 3.8) is 0 Å². The molecule has 7 aromatic carbocycles. The molecule has 326 valence electrons. The third-order valence-corrected chi connectivity index (χ3v) is 12.3. The number of fused-ring (bicyclic) bond motifs is 1. The molecule has 11 aromatic rings. The van der Waals surface area contributed by atoms with Crippen molar-refractivity contribution in [3.05, 3.63) is 259 Å². The van der Waals surface area contributed by atoms with Crippen molar-refractivity contribution in [1.82, 2.24) is 24.5 Å². The molecule has 0 saturated carbocycles. The minimum atomic E-state index is 0. The summed E-state index contributed by atoms with van der Waals surface area (Å²) in [7, 11) is 0. The first-order chi connectivity index (χ1) is 33.2. The van der Waals surface area contributed by atoms with Gasteiger partial charge in [0.2, 0.25) is 0 Å². The van der Waals surface area contributed by atoms with Crippen molar-refractivity contribution in [1.29, 1.82) is 0 Å². The van der Waals surface area contributed by atoms with E-state index in [9.17, 15) is 0 Å². The van der Waals surface area contributed by atoms with Gasteiger partial charge in [0.1, 0.15) is 5.82 Å². The normalized spacial score (nSPS) is 11.1. The molecule has 0 spiro atoms. The van der Waals surface area contributed by atoms with Crippen LogP contribution in [0.3, 0.4) is 0 Å². The Morgan fingerprint density at radius 1 is 0.382 bits per heavy atom. The second-order valence-electron chi connectivity index (χ2n) is 16.8. The predicted molar refractivity (Wildman–Crippen MR) is 271 cm³/mol. The molecule has 6 heteroatoms. The van der Waals surface area contributed by atoms with Gasteiger partial charge in [-0.05, 0) is 106 Å². The molecule has 0 aliphatic rings. The zero-order chi connectivity index (χ0) is 44.8. The number of rotatable bonds is 13. The molecule has 68 heavy (non-hydrogen) atoms. The molecule has 0 N–H and O–H groups in total. The molecule has 11 rings (SSSR count). The first-order valence-electron chi connectivity index (χ1n) is 22.8. The first-order valence-corrected chi connectivity index (χ1v) is 22.8. The van der Waals surface area contributed by atoms with Crippen molar-refractivity contribution in [2.45, 2.75) is 25.7 Å². The van der Waals surface area contributed by atoms with Crippen LogP contribution >= 0.6 is 0 Å². The van der Waals surface area contributed by atoms with Gasteiger partial charge >= 0.3 is 20.1 Å². The van der Waals surface area contributed by atoms with Gasteiger partial charge in [-0.15, -0.1) is 94.5 Å². The summed E-state index contributed by atoms with van der Waals surface area (Å²) in [6, 6.07) is 80.7. The number of nitrogens with zero attached hydrogens (tertiary/aromatic N) is 5. The van der Waals surface area contributed by atoms with Crippen LogP contribution < -0.4 is 0 Å². The van der Waals surface area contributed by atoms with Gasteiger partial charge in [-0.3, -0.25) is 0 Å². The molecular weight excluding hydrogens is 1010 g/mol. The standard InChI is InChI=1S/C62H44N5.Ir/c1-2-12-48(13-3-1)49-31-33-50(34-32-49)55-43-53(58-16-8-11-39-65-58)35-36-60(55)67-61-18-5-4-17-59(61)66-62(67)54-41-46(21-19-44-23-27-51(28-24-44)56-14-6-9-37-63-56)40-47(42-54)22-20-45-25-29-52(30-26-45)57-15-7-10-38-64-57;/h1-18,23-27,29,31-34,36-43H,19-22H2;/q-3;+3. The number of hydrogen-bond acceptors (Lipinski definition) is 4. The SMILES string of the molecule is [Ir+3].[c-]1cc(CCc2cc(CCc3c[c-]c(-c4ccccn4)cc3)cc(-c3nc4ccccc4n3-c3c[c-]c(-c4ccccn4)cc3-c3ccc(-c4ccccc4)cc3)c2)ccc1-c1ccccn1. The molecule has 0 saturated heterocycles. The molecule has 4 heterocycles. The molecule has 0 amide bonds. The number of imidazole rings is 1. The molecule has 0 unspecified atom stereocenters. The summed E-state index contributed by atoms with van der Waals surface area (Å²) in [6.45, 7) is 0. The molecule has 0 aliphatic heterocycles. The number of pyridine rings is 3. The van der Waals surface area contributed by atoms with E-state index in [1.165, 1.54) is 33.4 Å². The maximum atomic E-state index is 5.44. The second-order valence-corrected chi connectivity index (χ2v) is 16.8. The Kier molecular flexibility index (Phi) is 13.1. The number of para-hydroxylation sites is 2. The Morgan fingerprint density at radius 3 is 1.44 bits per heavy atom. The fourth-order valence-electron chi connectivity index (χ4n) is 8.85. The van der Waals surface area contributed by atoms with E-state index in [0.717, 1.165) is 98.7 Å². The van der Waals surface area contributed by atoms with Crippen LogP contribution in [0.5, 0.6) is 0 Å². The number of hydrogen-bond donors (Lipinski definition) is 0. The molecule has 0 radical (unpaired) electrons. The van der Waals surface area contributed by atoms with E-state index in [-0.39, 0.29) is 20.1 Å². The Bertz CT molecular complexity index is 3310. The Labute approximate surface area is 411 Å². The van der Waals surface area contributed by atoms with Crippen molar-refractivity contribution in [2.75, 3.05) is 0 Å². The Balaban J connectivity index is 0.00000539. The van der Waals surface area contributed by atoms with E-state index in [4.69, 9.17) is 9.97 Å². The van der Waals surface area contributed by atoms with Gasteiger partial charge in [0.05, 0.1) is 11.0 Å². The summed E-state index contributed by atoms with van der Waals surface area (Å²) < 4.78 is 2.33. The van der Waals surface area contributed by atoms with Gasteiger partial charge < -0.3 is 19.5 Å². The summed E-state index contributed by atoms with van der Waals surface area (Å²) in [5.41, 5.74) is 19.1. The van der Waals surface area contributed by atoms with E-state index in [1.807, 2.05) is 73.2 Å². The van der Waals surface area contributed by atoms with Crippen LogP contribution in [0, 0.1) is 18.2 Å². The van der Waals surface area contributed by atoms with E-state index in [2.05, 4.69) is 178 Å². The van der Waals surface area contributed by atoms with Gasteiger partial charge in [0, 0.05) is 24.2 Å². The van der Waals surface area contributed by atoms with Crippen LogP contribution in [0.25, 0.3) is 84.1 Å². The van der Waals surface area contributed by atoms with Crippen LogP contribution in [0.1, 0.15) is 22.3 Å². The molecule has 0 bridgehead atoms. The largest absolute Gasteiger partial charge is 3.00 e. The Hall–Kier alpha value is -7.89. The van der Waals surface area contributed by atoms with Crippen molar-refractivity contribution < 1.29 is 20.1 Å². The minimum absolute atomic E-state index is 0. The predicted octanol–water partition coefficient (Wildman–Crippen LogP) is 14.2. The number of benzene rings is 7. The van der Waals surface area contributed by atoms with Crippen LogP contribution in [0.15, 0.2) is 219 Å².